The van der Waals surface area contributed by atoms with Gasteiger partial charge in [-0.1, -0.05) is 13.0 Å². The lowest BCUT2D eigenvalue weighted by Gasteiger charge is -2.09. The zero-order chi connectivity index (χ0) is 18.0. The molecule has 0 saturated carbocycles. The average Bonchev–Trinajstić information content (AvgIpc) is 2.89. The van der Waals surface area contributed by atoms with Crippen LogP contribution in [0.3, 0.4) is 0 Å². The summed E-state index contributed by atoms with van der Waals surface area (Å²) in [6.07, 6.45) is 2.29. The van der Waals surface area contributed by atoms with Crippen LogP contribution in [0.4, 0.5) is 23.1 Å². The first kappa shape index (κ1) is 16.7. The van der Waals surface area contributed by atoms with E-state index in [1.54, 1.807) is 13.0 Å². The molecule has 0 spiro atoms. The van der Waals surface area contributed by atoms with Crippen molar-refractivity contribution in [2.75, 3.05) is 17.2 Å². The maximum atomic E-state index is 10.9. The standard InChI is InChI=1S/C17H20N6O2/c1-4-8-18-12-6-5-7-13-16(12)22(3)17(20-13)21-15-9-11(2)14(10-19-15)23(24)25/h5-7,9-10,18H,4,8H2,1-3H3,(H,19,20,21). The lowest BCUT2D eigenvalue weighted by Crippen LogP contribution is -2.04. The van der Waals surface area contributed by atoms with Crippen LogP contribution < -0.4 is 10.6 Å². The minimum Gasteiger partial charge on any atom is -0.383 e. The Labute approximate surface area is 145 Å². The van der Waals surface area contributed by atoms with Gasteiger partial charge in [0.25, 0.3) is 5.69 Å². The van der Waals surface area contributed by atoms with Crippen LogP contribution in [0, 0.1) is 17.0 Å². The van der Waals surface area contributed by atoms with Crippen LogP contribution in [-0.4, -0.2) is 26.0 Å². The summed E-state index contributed by atoms with van der Waals surface area (Å²) in [4.78, 5) is 19.2. The van der Waals surface area contributed by atoms with Gasteiger partial charge in [0.05, 0.1) is 21.6 Å². The number of para-hydroxylation sites is 1. The summed E-state index contributed by atoms with van der Waals surface area (Å²) >= 11 is 0. The van der Waals surface area contributed by atoms with Gasteiger partial charge in [-0.2, -0.15) is 0 Å². The number of nitrogens with one attached hydrogen (secondary N) is 2. The third-order valence-corrected chi connectivity index (χ3v) is 3.98. The number of hydrogen-bond donors (Lipinski definition) is 2. The predicted octanol–water partition coefficient (Wildman–Crippen LogP) is 3.75. The Morgan fingerprint density at radius 3 is 2.84 bits per heavy atom. The fourth-order valence-corrected chi connectivity index (χ4v) is 2.71. The van der Waals surface area contributed by atoms with Gasteiger partial charge in [0.15, 0.2) is 0 Å². The molecule has 0 radical (unpaired) electrons. The molecule has 130 valence electrons. The lowest BCUT2D eigenvalue weighted by molar-refractivity contribution is -0.385. The first-order valence-corrected chi connectivity index (χ1v) is 8.08. The predicted molar refractivity (Wildman–Crippen MR) is 98.4 cm³/mol. The van der Waals surface area contributed by atoms with Crippen LogP contribution >= 0.6 is 0 Å². The van der Waals surface area contributed by atoms with E-state index in [-0.39, 0.29) is 5.69 Å². The van der Waals surface area contributed by atoms with E-state index in [4.69, 9.17) is 0 Å². The van der Waals surface area contributed by atoms with Crippen molar-refractivity contribution in [2.45, 2.75) is 20.3 Å². The molecule has 3 aromatic rings. The maximum Gasteiger partial charge on any atom is 0.290 e. The zero-order valence-electron chi connectivity index (χ0n) is 14.4. The molecule has 0 saturated heterocycles. The third kappa shape index (κ3) is 3.23. The Bertz CT molecular complexity index is 934. The maximum absolute atomic E-state index is 10.9. The minimum absolute atomic E-state index is 0.00148. The molecule has 0 aliphatic carbocycles. The van der Waals surface area contributed by atoms with Gasteiger partial charge in [0, 0.05) is 19.2 Å². The van der Waals surface area contributed by atoms with E-state index in [1.807, 2.05) is 29.8 Å². The zero-order valence-corrected chi connectivity index (χ0v) is 14.4. The van der Waals surface area contributed by atoms with Crippen molar-refractivity contribution in [2.24, 2.45) is 7.05 Å². The van der Waals surface area contributed by atoms with Gasteiger partial charge in [-0.05, 0) is 31.5 Å². The highest BCUT2D eigenvalue weighted by Gasteiger charge is 2.14. The molecular weight excluding hydrogens is 320 g/mol. The highest BCUT2D eigenvalue weighted by atomic mass is 16.6. The number of benzene rings is 1. The van der Waals surface area contributed by atoms with E-state index >= 15 is 0 Å². The normalized spacial score (nSPS) is 10.8. The fraction of sp³-hybridized carbons (Fsp3) is 0.294. The summed E-state index contributed by atoms with van der Waals surface area (Å²) in [7, 11) is 1.92. The van der Waals surface area contributed by atoms with Crippen LogP contribution in [0.1, 0.15) is 18.9 Å². The van der Waals surface area contributed by atoms with Crippen LogP contribution in [0.2, 0.25) is 0 Å². The molecule has 8 heteroatoms. The van der Waals surface area contributed by atoms with E-state index in [1.165, 1.54) is 6.20 Å². The summed E-state index contributed by atoms with van der Waals surface area (Å²) in [5, 5.41) is 17.5. The molecule has 3 rings (SSSR count). The second-order valence-electron chi connectivity index (χ2n) is 5.83. The monoisotopic (exact) mass is 340 g/mol. The molecule has 2 aromatic heterocycles. The van der Waals surface area contributed by atoms with Gasteiger partial charge in [-0.15, -0.1) is 0 Å². The Morgan fingerprint density at radius 1 is 1.36 bits per heavy atom. The molecule has 0 unspecified atom stereocenters. The molecule has 1 aromatic carbocycles. The van der Waals surface area contributed by atoms with Crippen molar-refractivity contribution < 1.29 is 4.92 Å². The number of aryl methyl sites for hydroxylation is 2. The van der Waals surface area contributed by atoms with Crippen molar-refractivity contribution in [1.82, 2.24) is 14.5 Å². The molecule has 0 amide bonds. The van der Waals surface area contributed by atoms with Gasteiger partial charge in [-0.25, -0.2) is 9.97 Å². The van der Waals surface area contributed by atoms with Crippen LogP contribution in [0.15, 0.2) is 30.5 Å². The Balaban J connectivity index is 1.96. The number of pyridine rings is 1. The molecule has 2 heterocycles. The Kier molecular flexibility index (Phi) is 4.51. The van der Waals surface area contributed by atoms with Gasteiger partial charge >= 0.3 is 0 Å². The highest BCUT2D eigenvalue weighted by molar-refractivity contribution is 5.91. The second kappa shape index (κ2) is 6.76. The Hall–Kier alpha value is -3.16. The van der Waals surface area contributed by atoms with Crippen LogP contribution in [0.5, 0.6) is 0 Å². The SMILES string of the molecule is CCCNc1cccc2nc(Nc3cc(C)c([N+](=O)[O-])cn3)n(C)c12. The van der Waals surface area contributed by atoms with Crippen molar-refractivity contribution >= 4 is 34.2 Å². The molecule has 0 bridgehead atoms. The van der Waals surface area contributed by atoms with Gasteiger partial charge in [0.2, 0.25) is 5.95 Å². The minimum atomic E-state index is -0.438. The number of aromatic nitrogens is 3. The Morgan fingerprint density at radius 2 is 2.16 bits per heavy atom. The van der Waals surface area contributed by atoms with E-state index in [9.17, 15) is 10.1 Å². The van der Waals surface area contributed by atoms with Gasteiger partial charge in [0.1, 0.15) is 12.0 Å². The van der Waals surface area contributed by atoms with Crippen molar-refractivity contribution in [3.8, 4) is 0 Å². The number of imidazole rings is 1. The molecule has 2 N–H and O–H groups in total. The topological polar surface area (TPSA) is 97.9 Å². The number of anilines is 3. The summed E-state index contributed by atoms with van der Waals surface area (Å²) in [6, 6.07) is 7.59. The van der Waals surface area contributed by atoms with E-state index in [0.29, 0.717) is 17.3 Å². The molecule has 25 heavy (non-hydrogen) atoms. The molecule has 0 aliphatic heterocycles. The van der Waals surface area contributed by atoms with Crippen molar-refractivity contribution in [1.29, 1.82) is 0 Å². The van der Waals surface area contributed by atoms with Crippen LogP contribution in [0.25, 0.3) is 11.0 Å². The highest BCUT2D eigenvalue weighted by Crippen LogP contribution is 2.28. The number of nitro groups is 1. The largest absolute Gasteiger partial charge is 0.383 e. The van der Waals surface area contributed by atoms with Gasteiger partial charge < -0.3 is 15.2 Å². The smallest absolute Gasteiger partial charge is 0.290 e. The number of nitrogens with zero attached hydrogens (tertiary/aromatic N) is 4. The lowest BCUT2D eigenvalue weighted by atomic mass is 10.2. The molecule has 8 nitrogen and oxygen atoms in total. The molecule has 0 aliphatic rings. The summed E-state index contributed by atoms with van der Waals surface area (Å²) in [5.74, 6) is 1.14. The molecule has 0 fully saturated rings. The number of fused-ring (bicyclic) bond motifs is 1. The molecule has 0 atom stereocenters. The fourth-order valence-electron chi connectivity index (χ4n) is 2.71. The molecular formula is C17H20N6O2. The third-order valence-electron chi connectivity index (χ3n) is 3.98. The average molecular weight is 340 g/mol. The van der Waals surface area contributed by atoms with E-state index < -0.39 is 4.92 Å². The van der Waals surface area contributed by atoms with Crippen molar-refractivity contribution in [3.63, 3.8) is 0 Å². The van der Waals surface area contributed by atoms with E-state index in [2.05, 4.69) is 27.5 Å². The quantitative estimate of drug-likeness (QED) is 0.524. The van der Waals surface area contributed by atoms with Crippen LogP contribution in [-0.2, 0) is 7.05 Å². The first-order valence-electron chi connectivity index (χ1n) is 8.08. The summed E-state index contributed by atoms with van der Waals surface area (Å²) < 4.78 is 1.95. The van der Waals surface area contributed by atoms with Gasteiger partial charge in [-0.3, -0.25) is 10.1 Å². The van der Waals surface area contributed by atoms with E-state index in [0.717, 1.165) is 29.7 Å². The summed E-state index contributed by atoms with van der Waals surface area (Å²) in [6.45, 7) is 4.69. The number of hydrogen-bond acceptors (Lipinski definition) is 6. The summed E-state index contributed by atoms with van der Waals surface area (Å²) in [5.41, 5.74) is 3.44. The second-order valence-corrected chi connectivity index (χ2v) is 5.83. The van der Waals surface area contributed by atoms with Crippen molar-refractivity contribution in [3.05, 3.63) is 46.1 Å². The number of rotatable bonds is 6. The first-order chi connectivity index (χ1) is 12.0.